The molecule has 2 N–H and O–H groups in total. The summed E-state index contributed by atoms with van der Waals surface area (Å²) in [6.07, 6.45) is 4.00. The fourth-order valence-corrected chi connectivity index (χ4v) is 2.37. The van der Waals surface area contributed by atoms with Gasteiger partial charge in [0.05, 0.1) is 18.7 Å². The van der Waals surface area contributed by atoms with Gasteiger partial charge in [-0.05, 0) is 36.8 Å². The Kier molecular flexibility index (Phi) is 3.69. The first-order valence-electron chi connectivity index (χ1n) is 6.95. The van der Waals surface area contributed by atoms with Crippen LogP contribution in [0.3, 0.4) is 0 Å². The van der Waals surface area contributed by atoms with E-state index in [4.69, 9.17) is 0 Å². The highest BCUT2D eigenvalue weighted by Crippen LogP contribution is 2.20. The van der Waals surface area contributed by atoms with E-state index in [0.29, 0.717) is 13.0 Å². The van der Waals surface area contributed by atoms with Gasteiger partial charge in [-0.2, -0.15) is 0 Å². The molecule has 0 radical (unpaired) electrons. The second-order valence-electron chi connectivity index (χ2n) is 5.14. The molecule has 0 fully saturated rings. The number of nitrogens with zero attached hydrogens (tertiary/aromatic N) is 1. The average molecular weight is 279 g/mol. The summed E-state index contributed by atoms with van der Waals surface area (Å²) in [5, 5.41) is 4.02. The number of hydrogen-bond donors (Lipinski definition) is 2. The van der Waals surface area contributed by atoms with E-state index in [1.165, 1.54) is 5.56 Å². The number of benzene rings is 1. The molecular formula is C17H17N3O. The van der Waals surface area contributed by atoms with E-state index in [1.54, 1.807) is 6.20 Å². The van der Waals surface area contributed by atoms with Crippen molar-refractivity contribution >= 4 is 16.8 Å². The number of fused-ring (bicyclic) bond motifs is 1. The van der Waals surface area contributed by atoms with Gasteiger partial charge in [0.1, 0.15) is 0 Å². The summed E-state index contributed by atoms with van der Waals surface area (Å²) >= 11 is 0. The van der Waals surface area contributed by atoms with Gasteiger partial charge >= 0.3 is 0 Å². The molecule has 0 atom stereocenters. The molecule has 2 heterocycles. The Hall–Kier alpha value is -2.62. The molecule has 0 saturated carbocycles. The predicted octanol–water partition coefficient (Wildman–Crippen LogP) is 2.73. The van der Waals surface area contributed by atoms with Gasteiger partial charge in [-0.1, -0.05) is 17.7 Å². The Morgan fingerprint density at radius 1 is 1.29 bits per heavy atom. The van der Waals surface area contributed by atoms with E-state index < -0.39 is 0 Å². The Morgan fingerprint density at radius 2 is 2.19 bits per heavy atom. The topological polar surface area (TPSA) is 57.8 Å². The van der Waals surface area contributed by atoms with Crippen molar-refractivity contribution in [3.8, 4) is 0 Å². The molecule has 1 amide bonds. The smallest absolute Gasteiger partial charge is 0.224 e. The van der Waals surface area contributed by atoms with Crippen molar-refractivity contribution < 1.29 is 4.79 Å². The van der Waals surface area contributed by atoms with Crippen LogP contribution in [-0.2, 0) is 17.8 Å². The Labute approximate surface area is 123 Å². The third-order valence-electron chi connectivity index (χ3n) is 3.47. The monoisotopic (exact) mass is 279 g/mol. The van der Waals surface area contributed by atoms with Crippen LogP contribution in [0.4, 0.5) is 0 Å². The number of nitrogens with one attached hydrogen (secondary N) is 2. The van der Waals surface area contributed by atoms with Gasteiger partial charge in [0.15, 0.2) is 0 Å². The van der Waals surface area contributed by atoms with Crippen molar-refractivity contribution in [2.75, 3.05) is 0 Å². The van der Waals surface area contributed by atoms with Crippen LogP contribution in [0, 0.1) is 6.92 Å². The molecule has 0 unspecified atom stereocenters. The normalized spacial score (nSPS) is 10.7. The van der Waals surface area contributed by atoms with E-state index in [1.807, 2.05) is 30.5 Å². The minimum atomic E-state index is 0.00283. The number of amides is 1. The van der Waals surface area contributed by atoms with Gasteiger partial charge in [-0.15, -0.1) is 0 Å². The highest BCUT2D eigenvalue weighted by molar-refractivity contribution is 5.89. The van der Waals surface area contributed by atoms with Crippen LogP contribution in [0.15, 0.2) is 48.8 Å². The predicted molar refractivity (Wildman–Crippen MR) is 82.8 cm³/mol. The van der Waals surface area contributed by atoms with Crippen LogP contribution >= 0.6 is 0 Å². The van der Waals surface area contributed by atoms with E-state index in [0.717, 1.165) is 22.2 Å². The fourth-order valence-electron chi connectivity index (χ4n) is 2.37. The molecule has 0 spiro atoms. The lowest BCUT2D eigenvalue weighted by Gasteiger charge is -2.04. The van der Waals surface area contributed by atoms with Gasteiger partial charge < -0.3 is 10.3 Å². The lowest BCUT2D eigenvalue weighted by atomic mass is 10.1. The number of pyridine rings is 1. The van der Waals surface area contributed by atoms with Crippen molar-refractivity contribution in [1.29, 1.82) is 0 Å². The van der Waals surface area contributed by atoms with Crippen molar-refractivity contribution in [3.05, 3.63) is 65.6 Å². The van der Waals surface area contributed by atoms with Gasteiger partial charge in [0.2, 0.25) is 5.91 Å². The molecule has 4 nitrogen and oxygen atoms in total. The minimum Gasteiger partial charge on any atom is -0.361 e. The number of aromatic amines is 1. The molecule has 0 aliphatic heterocycles. The highest BCUT2D eigenvalue weighted by Gasteiger charge is 2.09. The summed E-state index contributed by atoms with van der Waals surface area (Å²) in [6.45, 7) is 2.51. The van der Waals surface area contributed by atoms with Crippen LogP contribution in [0.25, 0.3) is 10.9 Å². The van der Waals surface area contributed by atoms with Crippen LogP contribution in [-0.4, -0.2) is 15.9 Å². The Balaban J connectivity index is 1.67. The standard InChI is InChI=1S/C17H17N3O/c1-12-5-6-16-15(8-12)13(10-19-16)9-17(21)20-11-14-4-2-3-7-18-14/h2-8,10,19H,9,11H2,1H3,(H,20,21). The van der Waals surface area contributed by atoms with Crippen molar-refractivity contribution in [1.82, 2.24) is 15.3 Å². The maximum absolute atomic E-state index is 12.1. The summed E-state index contributed by atoms with van der Waals surface area (Å²) in [5.41, 5.74) is 4.14. The molecule has 2 aromatic heterocycles. The number of hydrogen-bond acceptors (Lipinski definition) is 2. The number of aromatic nitrogens is 2. The minimum absolute atomic E-state index is 0.00283. The second kappa shape index (κ2) is 5.79. The van der Waals surface area contributed by atoms with Gasteiger partial charge in [0, 0.05) is 23.3 Å². The maximum atomic E-state index is 12.1. The van der Waals surface area contributed by atoms with Gasteiger partial charge in [-0.25, -0.2) is 0 Å². The summed E-state index contributed by atoms with van der Waals surface area (Å²) < 4.78 is 0. The summed E-state index contributed by atoms with van der Waals surface area (Å²) in [6, 6.07) is 11.9. The molecule has 0 aliphatic rings. The van der Waals surface area contributed by atoms with Crippen LogP contribution < -0.4 is 5.32 Å². The SMILES string of the molecule is Cc1ccc2[nH]cc(CC(=O)NCc3ccccn3)c2c1. The average Bonchev–Trinajstić information content (AvgIpc) is 2.88. The third-order valence-corrected chi connectivity index (χ3v) is 3.47. The fraction of sp³-hybridized carbons (Fsp3) is 0.176. The highest BCUT2D eigenvalue weighted by atomic mass is 16.1. The molecule has 3 rings (SSSR count). The van der Waals surface area contributed by atoms with E-state index in [-0.39, 0.29) is 5.91 Å². The third kappa shape index (κ3) is 3.11. The van der Waals surface area contributed by atoms with Crippen LogP contribution in [0.2, 0.25) is 0 Å². The number of H-pyrrole nitrogens is 1. The molecule has 1 aromatic carbocycles. The number of rotatable bonds is 4. The molecule has 4 heteroatoms. The maximum Gasteiger partial charge on any atom is 0.224 e. The van der Waals surface area contributed by atoms with E-state index >= 15 is 0 Å². The zero-order valence-electron chi connectivity index (χ0n) is 11.9. The van der Waals surface area contributed by atoms with Crippen molar-refractivity contribution in [3.63, 3.8) is 0 Å². The van der Waals surface area contributed by atoms with Gasteiger partial charge in [-0.3, -0.25) is 9.78 Å². The molecule has 106 valence electrons. The summed E-state index contributed by atoms with van der Waals surface area (Å²) in [4.78, 5) is 19.5. The zero-order valence-corrected chi connectivity index (χ0v) is 11.9. The van der Waals surface area contributed by atoms with Gasteiger partial charge in [0.25, 0.3) is 0 Å². The second-order valence-corrected chi connectivity index (χ2v) is 5.14. The van der Waals surface area contributed by atoms with E-state index in [9.17, 15) is 4.79 Å². The molecular weight excluding hydrogens is 262 g/mol. The van der Waals surface area contributed by atoms with E-state index in [2.05, 4.69) is 34.3 Å². The van der Waals surface area contributed by atoms with Crippen molar-refractivity contribution in [2.45, 2.75) is 19.9 Å². The Bertz CT molecular complexity index is 762. The van der Waals surface area contributed by atoms with Crippen LogP contribution in [0.1, 0.15) is 16.8 Å². The molecule has 0 saturated heterocycles. The zero-order chi connectivity index (χ0) is 14.7. The lowest BCUT2D eigenvalue weighted by Crippen LogP contribution is -2.24. The Morgan fingerprint density at radius 3 is 3.00 bits per heavy atom. The van der Waals surface area contributed by atoms with Crippen molar-refractivity contribution in [2.24, 2.45) is 0 Å². The first-order chi connectivity index (χ1) is 10.2. The quantitative estimate of drug-likeness (QED) is 0.771. The first kappa shape index (κ1) is 13.4. The lowest BCUT2D eigenvalue weighted by molar-refractivity contribution is -0.120. The molecule has 0 aliphatic carbocycles. The first-order valence-corrected chi connectivity index (χ1v) is 6.95. The molecule has 0 bridgehead atoms. The summed E-state index contributed by atoms with van der Waals surface area (Å²) in [7, 11) is 0. The number of carbonyl (C=O) groups excluding carboxylic acids is 1. The molecule has 3 aromatic rings. The summed E-state index contributed by atoms with van der Waals surface area (Å²) in [5.74, 6) is 0.00283. The van der Waals surface area contributed by atoms with Crippen LogP contribution in [0.5, 0.6) is 0 Å². The largest absolute Gasteiger partial charge is 0.361 e. The molecule has 21 heavy (non-hydrogen) atoms. The number of carbonyl (C=O) groups is 1. The number of aryl methyl sites for hydroxylation is 1.